The second kappa shape index (κ2) is 6.02. The van der Waals surface area contributed by atoms with Crippen LogP contribution in [-0.4, -0.2) is 45.5 Å². The molecule has 0 radical (unpaired) electrons. The van der Waals surface area contributed by atoms with Gasteiger partial charge < -0.3 is 30.5 Å². The molecule has 1 aliphatic heterocycles. The maximum Gasteiger partial charge on any atom is 0.350 e. The van der Waals surface area contributed by atoms with Gasteiger partial charge in [-0.3, -0.25) is 13.9 Å². The monoisotopic (exact) mass is 319 g/mol. The Labute approximate surface area is 120 Å². The summed E-state index contributed by atoms with van der Waals surface area (Å²) in [6.07, 6.45) is -0.631. The molecule has 0 unspecified atom stereocenters. The first-order chi connectivity index (χ1) is 9.83. The van der Waals surface area contributed by atoms with E-state index in [9.17, 15) is 9.36 Å². The first-order valence-corrected chi connectivity index (χ1v) is 8.14. The van der Waals surface area contributed by atoms with Crippen LogP contribution in [0.2, 0.25) is 0 Å². The Kier molecular flexibility index (Phi) is 4.52. The van der Waals surface area contributed by atoms with Gasteiger partial charge in [-0.05, 0) is 6.92 Å². The van der Waals surface area contributed by atoms with Crippen LogP contribution < -0.4 is 21.5 Å². The molecular formula is C10H18N5O5P. The Balaban J connectivity index is 2.05. The molecule has 1 aromatic rings. The van der Waals surface area contributed by atoms with Crippen molar-refractivity contribution in [3.63, 3.8) is 0 Å². The van der Waals surface area contributed by atoms with E-state index in [2.05, 4.69) is 10.3 Å². The van der Waals surface area contributed by atoms with Crippen LogP contribution >= 0.6 is 7.60 Å². The average molecular weight is 319 g/mol. The van der Waals surface area contributed by atoms with Gasteiger partial charge in [-0.25, -0.2) is 0 Å². The van der Waals surface area contributed by atoms with E-state index in [1.807, 2.05) is 0 Å². The maximum absolute atomic E-state index is 12.1. The Hall–Kier alpha value is -1.61. The number of hydrogen-bond donors (Lipinski definition) is 4. The minimum atomic E-state index is -4.16. The van der Waals surface area contributed by atoms with Crippen LogP contribution in [0, 0.1) is 0 Å². The molecule has 0 aliphatic carbocycles. The summed E-state index contributed by atoms with van der Waals surface area (Å²) in [5.74, 6) is 0.563. The maximum atomic E-state index is 12.1. The molecule has 10 nitrogen and oxygen atoms in total. The molecule has 0 atom stereocenters. The molecule has 0 spiro atoms. The van der Waals surface area contributed by atoms with Gasteiger partial charge in [0.25, 0.3) is 5.56 Å². The lowest BCUT2D eigenvalue weighted by Gasteiger charge is -2.17. The number of anilines is 3. The Morgan fingerprint density at radius 1 is 1.52 bits per heavy atom. The molecule has 1 aromatic heterocycles. The molecular weight excluding hydrogens is 301 g/mol. The zero-order chi connectivity index (χ0) is 15.6. The number of rotatable bonds is 6. The van der Waals surface area contributed by atoms with E-state index in [1.165, 1.54) is 4.57 Å². The lowest BCUT2D eigenvalue weighted by molar-refractivity contribution is 0.163. The molecule has 0 bridgehead atoms. The average Bonchev–Trinajstić information content (AvgIpc) is 2.77. The second-order valence-corrected chi connectivity index (χ2v) is 6.11. The molecule has 1 aliphatic rings. The highest BCUT2D eigenvalue weighted by Crippen LogP contribution is 2.33. The number of aromatic nitrogens is 2. The number of nitrogen functional groups attached to an aromatic ring is 1. The minimum absolute atomic E-state index is 0.102. The third kappa shape index (κ3) is 3.53. The normalized spacial score (nSPS) is 14.1. The molecule has 21 heavy (non-hydrogen) atoms. The summed E-state index contributed by atoms with van der Waals surface area (Å²) in [7, 11) is -4.16. The van der Waals surface area contributed by atoms with Crippen molar-refractivity contribution < 1.29 is 19.1 Å². The van der Waals surface area contributed by atoms with Gasteiger partial charge in [0.15, 0.2) is 5.82 Å². The van der Waals surface area contributed by atoms with Gasteiger partial charge in [0.2, 0.25) is 5.95 Å². The Morgan fingerprint density at radius 3 is 2.86 bits per heavy atom. The number of nitrogens with zero attached hydrogens (tertiary/aromatic N) is 3. The quantitative estimate of drug-likeness (QED) is 0.391. The van der Waals surface area contributed by atoms with Crippen LogP contribution in [0.4, 0.5) is 17.5 Å². The molecule has 0 saturated carbocycles. The predicted molar refractivity (Wildman–Crippen MR) is 77.3 cm³/mol. The number of nitrogens with one attached hydrogen (secondary N) is 1. The first-order valence-electron chi connectivity index (χ1n) is 6.35. The van der Waals surface area contributed by atoms with Crippen LogP contribution in [0.15, 0.2) is 4.79 Å². The van der Waals surface area contributed by atoms with Crippen molar-refractivity contribution in [2.75, 3.05) is 42.1 Å². The molecule has 2 rings (SSSR count). The van der Waals surface area contributed by atoms with E-state index >= 15 is 0 Å². The number of hydrogen-bond acceptors (Lipinski definition) is 7. The van der Waals surface area contributed by atoms with Crippen molar-refractivity contribution >= 4 is 25.0 Å². The van der Waals surface area contributed by atoms with Gasteiger partial charge in [0, 0.05) is 13.1 Å². The molecule has 0 fully saturated rings. The fourth-order valence-corrected chi connectivity index (χ4v) is 2.41. The van der Waals surface area contributed by atoms with Crippen molar-refractivity contribution in [1.29, 1.82) is 0 Å². The van der Waals surface area contributed by atoms with E-state index in [-0.39, 0.29) is 18.1 Å². The standard InChI is InChI=1S/C10H18N5O5P/c1-2-15-9(16)7-8(13-10(15)11)14(5-12-7)3-4-20-6-21(17,18)19/h12H,2-6H2,1H3,(H2,11,13)(H2,17,18,19). The van der Waals surface area contributed by atoms with E-state index in [0.717, 1.165) is 0 Å². The summed E-state index contributed by atoms with van der Waals surface area (Å²) < 4.78 is 16.9. The van der Waals surface area contributed by atoms with Crippen LogP contribution in [0.3, 0.4) is 0 Å². The predicted octanol–water partition coefficient (Wildman–Crippen LogP) is -0.813. The van der Waals surface area contributed by atoms with Gasteiger partial charge in [-0.1, -0.05) is 0 Å². The van der Waals surface area contributed by atoms with E-state index in [4.69, 9.17) is 20.3 Å². The SMILES string of the molecule is CCn1c(N)nc2c(c1=O)NCN2CCOCP(=O)(O)O. The minimum Gasteiger partial charge on any atom is -0.369 e. The highest BCUT2D eigenvalue weighted by molar-refractivity contribution is 7.51. The topological polar surface area (TPSA) is 143 Å². The lowest BCUT2D eigenvalue weighted by atomic mass is 10.4. The molecule has 0 saturated heterocycles. The summed E-state index contributed by atoms with van der Waals surface area (Å²) in [5, 5.41) is 2.94. The number of fused-ring (bicyclic) bond motifs is 1. The molecule has 11 heteroatoms. The number of ether oxygens (including phenoxy) is 1. The Morgan fingerprint density at radius 2 is 2.24 bits per heavy atom. The van der Waals surface area contributed by atoms with Gasteiger partial charge in [-0.15, -0.1) is 0 Å². The van der Waals surface area contributed by atoms with Crippen LogP contribution in [0.1, 0.15) is 6.92 Å². The molecule has 0 amide bonds. The number of nitrogens with two attached hydrogens (primary N) is 1. The van der Waals surface area contributed by atoms with E-state index < -0.39 is 13.9 Å². The lowest BCUT2D eigenvalue weighted by Crippen LogP contribution is -2.28. The van der Waals surface area contributed by atoms with Crippen molar-refractivity contribution in [3.8, 4) is 0 Å². The molecule has 2 heterocycles. The van der Waals surface area contributed by atoms with Crippen molar-refractivity contribution in [2.24, 2.45) is 0 Å². The van der Waals surface area contributed by atoms with Gasteiger partial charge in [-0.2, -0.15) is 4.98 Å². The van der Waals surface area contributed by atoms with E-state index in [1.54, 1.807) is 11.8 Å². The van der Waals surface area contributed by atoms with Crippen molar-refractivity contribution in [2.45, 2.75) is 13.5 Å². The van der Waals surface area contributed by atoms with Crippen molar-refractivity contribution in [1.82, 2.24) is 9.55 Å². The third-order valence-electron chi connectivity index (χ3n) is 3.01. The van der Waals surface area contributed by atoms with Crippen molar-refractivity contribution in [3.05, 3.63) is 10.4 Å². The summed E-state index contributed by atoms with van der Waals surface area (Å²) in [6.45, 7) is 3.03. The molecule has 5 N–H and O–H groups in total. The summed E-state index contributed by atoms with van der Waals surface area (Å²) in [4.78, 5) is 35.4. The smallest absolute Gasteiger partial charge is 0.350 e. The van der Waals surface area contributed by atoms with Gasteiger partial charge in [0.1, 0.15) is 12.0 Å². The third-order valence-corrected chi connectivity index (χ3v) is 3.53. The zero-order valence-electron chi connectivity index (χ0n) is 11.5. The molecule has 0 aromatic carbocycles. The highest BCUT2D eigenvalue weighted by Gasteiger charge is 2.25. The van der Waals surface area contributed by atoms with Crippen LogP contribution in [-0.2, 0) is 15.8 Å². The highest BCUT2D eigenvalue weighted by atomic mass is 31.2. The summed E-state index contributed by atoms with van der Waals surface area (Å²) in [6, 6.07) is 0. The molecule has 118 valence electrons. The van der Waals surface area contributed by atoms with Crippen LogP contribution in [0.5, 0.6) is 0 Å². The van der Waals surface area contributed by atoms with Gasteiger partial charge >= 0.3 is 7.60 Å². The van der Waals surface area contributed by atoms with E-state index in [0.29, 0.717) is 31.3 Å². The Bertz CT molecular complexity index is 627. The van der Waals surface area contributed by atoms with Crippen LogP contribution in [0.25, 0.3) is 0 Å². The second-order valence-electron chi connectivity index (χ2n) is 4.52. The largest absolute Gasteiger partial charge is 0.369 e. The van der Waals surface area contributed by atoms with Gasteiger partial charge in [0.05, 0.1) is 13.3 Å². The summed E-state index contributed by atoms with van der Waals surface area (Å²) >= 11 is 0. The first kappa shape index (κ1) is 15.8. The fourth-order valence-electron chi connectivity index (χ4n) is 2.04. The fraction of sp³-hybridized carbons (Fsp3) is 0.600. The summed E-state index contributed by atoms with van der Waals surface area (Å²) in [5.41, 5.74) is 5.88. The zero-order valence-corrected chi connectivity index (χ0v) is 12.4.